The van der Waals surface area contributed by atoms with E-state index >= 15 is 0 Å². The van der Waals surface area contributed by atoms with Gasteiger partial charge in [0.25, 0.3) is 0 Å². The van der Waals surface area contributed by atoms with Crippen molar-refractivity contribution >= 4 is 11.6 Å². The molecule has 0 aliphatic carbocycles. The minimum atomic E-state index is -0.664. The average molecular weight is 357 g/mol. The molecule has 0 aliphatic rings. The van der Waals surface area contributed by atoms with E-state index in [2.05, 4.69) is 17.2 Å². The number of aliphatic hydroxyl groups is 1. The van der Waals surface area contributed by atoms with E-state index in [-0.39, 0.29) is 6.61 Å². The lowest BCUT2D eigenvalue weighted by Gasteiger charge is -2.14. The van der Waals surface area contributed by atoms with Crippen molar-refractivity contribution in [3.8, 4) is 16.9 Å². The molecule has 2 aromatic carbocycles. The van der Waals surface area contributed by atoms with Crippen LogP contribution < -0.4 is 4.74 Å². The van der Waals surface area contributed by atoms with E-state index in [1.807, 2.05) is 56.3 Å². The molecule has 1 N–H and O–H groups in total. The summed E-state index contributed by atoms with van der Waals surface area (Å²) < 4.78 is 7.40. The van der Waals surface area contributed by atoms with E-state index in [1.165, 1.54) is 0 Å². The second kappa shape index (κ2) is 7.72. The molecule has 3 aromatic rings. The summed E-state index contributed by atoms with van der Waals surface area (Å²) in [5, 5.41) is 15.2. The van der Waals surface area contributed by atoms with Crippen molar-refractivity contribution in [1.29, 1.82) is 0 Å². The largest absolute Gasteiger partial charge is 0.491 e. The Bertz CT molecular complexity index is 829. The first-order chi connectivity index (χ1) is 12.0. The third-order valence-electron chi connectivity index (χ3n) is 4.08. The number of ether oxygens (including phenoxy) is 1. The van der Waals surface area contributed by atoms with Gasteiger partial charge in [0.05, 0.1) is 23.0 Å². The zero-order chi connectivity index (χ0) is 17.8. The number of halogens is 1. The van der Waals surface area contributed by atoms with Gasteiger partial charge in [0.2, 0.25) is 0 Å². The van der Waals surface area contributed by atoms with Gasteiger partial charge in [-0.1, -0.05) is 54.1 Å². The summed E-state index contributed by atoms with van der Waals surface area (Å²) in [5.41, 5.74) is 3.91. The maximum atomic E-state index is 10.2. The highest BCUT2D eigenvalue weighted by atomic mass is 35.5. The van der Waals surface area contributed by atoms with E-state index < -0.39 is 6.10 Å². The predicted molar refractivity (Wildman–Crippen MR) is 100 cm³/mol. The van der Waals surface area contributed by atoms with Gasteiger partial charge in [-0.3, -0.25) is 4.68 Å². The molecule has 0 saturated carbocycles. The molecule has 25 heavy (non-hydrogen) atoms. The first-order valence-electron chi connectivity index (χ1n) is 8.20. The first-order valence-corrected chi connectivity index (χ1v) is 8.58. The van der Waals surface area contributed by atoms with Crippen molar-refractivity contribution in [3.63, 3.8) is 0 Å². The Morgan fingerprint density at radius 1 is 1.04 bits per heavy atom. The van der Waals surface area contributed by atoms with Gasteiger partial charge in [0, 0.05) is 0 Å². The molecule has 1 heterocycles. The van der Waals surface area contributed by atoms with Gasteiger partial charge in [-0.15, -0.1) is 0 Å². The Morgan fingerprint density at radius 2 is 1.68 bits per heavy atom. The number of benzene rings is 2. The number of aromatic nitrogens is 2. The van der Waals surface area contributed by atoms with Gasteiger partial charge in [0.1, 0.15) is 18.5 Å². The minimum Gasteiger partial charge on any atom is -0.491 e. The number of hydrogen-bond donors (Lipinski definition) is 1. The van der Waals surface area contributed by atoms with Gasteiger partial charge >= 0.3 is 0 Å². The molecule has 3 rings (SSSR count). The van der Waals surface area contributed by atoms with Gasteiger partial charge < -0.3 is 9.84 Å². The molecule has 130 valence electrons. The Kier molecular flexibility index (Phi) is 5.41. The molecule has 0 aliphatic heterocycles. The molecule has 0 unspecified atom stereocenters. The fourth-order valence-electron chi connectivity index (χ4n) is 2.67. The topological polar surface area (TPSA) is 47.3 Å². The van der Waals surface area contributed by atoms with Gasteiger partial charge in [-0.05, 0) is 37.1 Å². The molecule has 0 bridgehead atoms. The molecule has 0 fully saturated rings. The summed E-state index contributed by atoms with van der Waals surface area (Å²) in [6, 6.07) is 18.0. The summed E-state index contributed by atoms with van der Waals surface area (Å²) in [6.45, 7) is 4.28. The summed E-state index contributed by atoms with van der Waals surface area (Å²) in [7, 11) is 0. The fourth-order valence-corrected chi connectivity index (χ4v) is 2.81. The van der Waals surface area contributed by atoms with Gasteiger partial charge in [-0.2, -0.15) is 5.10 Å². The van der Waals surface area contributed by atoms with E-state index in [0.29, 0.717) is 11.6 Å². The second-order valence-corrected chi connectivity index (χ2v) is 6.40. The standard InChI is InChI=1S/C20H21ClN2O2/c1-14-20(21)15(2)23(22-14)12-18(24)13-25-19-10-8-17(9-11-19)16-6-4-3-5-7-16/h3-11,18,24H,12-13H2,1-2H3/t18-/m1/s1. The minimum absolute atomic E-state index is 0.195. The lowest BCUT2D eigenvalue weighted by Crippen LogP contribution is -2.24. The summed E-state index contributed by atoms with van der Waals surface area (Å²) in [6.07, 6.45) is -0.664. The van der Waals surface area contributed by atoms with E-state index in [0.717, 1.165) is 28.3 Å². The summed E-state index contributed by atoms with van der Waals surface area (Å²) in [4.78, 5) is 0. The third kappa shape index (κ3) is 4.21. The lowest BCUT2D eigenvalue weighted by molar-refractivity contribution is 0.0887. The molecule has 0 amide bonds. The van der Waals surface area contributed by atoms with Crippen LogP contribution in [0, 0.1) is 13.8 Å². The highest BCUT2D eigenvalue weighted by molar-refractivity contribution is 6.31. The first kappa shape index (κ1) is 17.5. The molecule has 5 heteroatoms. The summed E-state index contributed by atoms with van der Waals surface area (Å²) >= 11 is 6.12. The Balaban J connectivity index is 1.57. The van der Waals surface area contributed by atoms with Crippen LogP contribution >= 0.6 is 11.6 Å². The van der Waals surface area contributed by atoms with Crippen molar-refractivity contribution in [2.24, 2.45) is 0 Å². The maximum Gasteiger partial charge on any atom is 0.119 e. The van der Waals surface area contributed by atoms with Crippen LogP contribution in [0.5, 0.6) is 5.75 Å². The third-order valence-corrected chi connectivity index (χ3v) is 4.63. The van der Waals surface area contributed by atoms with Crippen molar-refractivity contribution in [2.45, 2.75) is 26.5 Å². The van der Waals surface area contributed by atoms with E-state index in [9.17, 15) is 5.11 Å². The van der Waals surface area contributed by atoms with Crippen molar-refractivity contribution in [3.05, 3.63) is 71.0 Å². The van der Waals surface area contributed by atoms with Crippen LogP contribution in [0.3, 0.4) is 0 Å². The zero-order valence-electron chi connectivity index (χ0n) is 14.3. The molecule has 4 nitrogen and oxygen atoms in total. The SMILES string of the molecule is Cc1nn(C[C@@H](O)COc2ccc(-c3ccccc3)cc2)c(C)c1Cl. The Labute approximate surface area is 152 Å². The maximum absolute atomic E-state index is 10.2. The highest BCUT2D eigenvalue weighted by Crippen LogP contribution is 2.22. The summed E-state index contributed by atoms with van der Waals surface area (Å²) in [5.74, 6) is 0.727. The van der Waals surface area contributed by atoms with Crippen LogP contribution in [-0.4, -0.2) is 27.6 Å². The zero-order valence-corrected chi connectivity index (χ0v) is 15.1. The van der Waals surface area contributed by atoms with Crippen molar-refractivity contribution < 1.29 is 9.84 Å². The van der Waals surface area contributed by atoms with Crippen molar-refractivity contribution in [1.82, 2.24) is 9.78 Å². The molecule has 1 aromatic heterocycles. The molecular formula is C20H21ClN2O2. The average Bonchev–Trinajstić information content (AvgIpc) is 2.88. The van der Waals surface area contributed by atoms with Crippen LogP contribution in [0.2, 0.25) is 5.02 Å². The molecule has 0 spiro atoms. The lowest BCUT2D eigenvalue weighted by atomic mass is 10.1. The molecule has 0 radical (unpaired) electrons. The van der Waals surface area contributed by atoms with E-state index in [1.54, 1.807) is 4.68 Å². The second-order valence-electron chi connectivity index (χ2n) is 6.02. The van der Waals surface area contributed by atoms with E-state index in [4.69, 9.17) is 16.3 Å². The molecule has 1 atom stereocenters. The molecular weight excluding hydrogens is 336 g/mol. The normalized spacial score (nSPS) is 12.2. The Morgan fingerprint density at radius 3 is 2.28 bits per heavy atom. The number of nitrogens with zero attached hydrogens (tertiary/aromatic N) is 2. The number of rotatable bonds is 6. The number of aliphatic hydroxyl groups excluding tert-OH is 1. The quantitative estimate of drug-likeness (QED) is 0.717. The number of aryl methyl sites for hydroxylation is 1. The number of hydrogen-bond acceptors (Lipinski definition) is 3. The smallest absolute Gasteiger partial charge is 0.119 e. The van der Waals surface area contributed by atoms with Crippen LogP contribution in [0.1, 0.15) is 11.4 Å². The van der Waals surface area contributed by atoms with Crippen molar-refractivity contribution in [2.75, 3.05) is 6.61 Å². The van der Waals surface area contributed by atoms with Gasteiger partial charge in [-0.25, -0.2) is 0 Å². The van der Waals surface area contributed by atoms with Crippen LogP contribution in [-0.2, 0) is 6.54 Å². The van der Waals surface area contributed by atoms with Crippen LogP contribution in [0.4, 0.5) is 0 Å². The highest BCUT2D eigenvalue weighted by Gasteiger charge is 2.13. The molecule has 0 saturated heterocycles. The Hall–Kier alpha value is -2.30. The predicted octanol–water partition coefficient (Wildman–Crippen LogP) is 4.26. The van der Waals surface area contributed by atoms with Crippen LogP contribution in [0.15, 0.2) is 54.6 Å². The van der Waals surface area contributed by atoms with Crippen LogP contribution in [0.25, 0.3) is 11.1 Å². The fraction of sp³-hybridized carbons (Fsp3) is 0.250. The monoisotopic (exact) mass is 356 g/mol. The van der Waals surface area contributed by atoms with Gasteiger partial charge in [0.15, 0.2) is 0 Å².